The number of hydrogen-bond acceptors (Lipinski definition) is 4. The van der Waals surface area contributed by atoms with Crippen molar-refractivity contribution in [2.75, 3.05) is 33.9 Å². The number of ether oxygens (including phenoxy) is 1. The molecule has 0 bridgehead atoms. The molecule has 2 fully saturated rings. The molecule has 4 nitrogen and oxygen atoms in total. The zero-order chi connectivity index (χ0) is 12.3. The van der Waals surface area contributed by atoms with E-state index in [-0.39, 0.29) is 12.1 Å². The zero-order valence-corrected chi connectivity index (χ0v) is 11.1. The van der Waals surface area contributed by atoms with E-state index < -0.39 is 0 Å². The van der Waals surface area contributed by atoms with E-state index in [1.54, 1.807) is 0 Å². The summed E-state index contributed by atoms with van der Waals surface area (Å²) in [7, 11) is 4.15. The van der Waals surface area contributed by atoms with Gasteiger partial charge in [0.2, 0.25) is 0 Å². The van der Waals surface area contributed by atoms with Crippen molar-refractivity contribution in [1.82, 2.24) is 10.2 Å². The molecular formula is C13H26N2O2. The first-order valence-corrected chi connectivity index (χ1v) is 6.81. The molecule has 0 aromatic heterocycles. The van der Waals surface area contributed by atoms with E-state index in [9.17, 15) is 5.11 Å². The number of rotatable bonds is 5. The van der Waals surface area contributed by atoms with Gasteiger partial charge >= 0.3 is 0 Å². The van der Waals surface area contributed by atoms with Crippen LogP contribution >= 0.6 is 0 Å². The third kappa shape index (κ3) is 2.99. The van der Waals surface area contributed by atoms with Crippen LogP contribution in [0.2, 0.25) is 0 Å². The Bertz CT molecular complexity index is 238. The Balaban J connectivity index is 1.82. The molecule has 1 saturated carbocycles. The fraction of sp³-hybridized carbons (Fsp3) is 1.00. The SMILES string of the molecule is CNC1(CO)CCC(N(C)CC2CCCO2)C1. The van der Waals surface area contributed by atoms with Crippen LogP contribution in [-0.2, 0) is 4.74 Å². The van der Waals surface area contributed by atoms with Crippen LogP contribution in [0.15, 0.2) is 0 Å². The molecule has 1 aliphatic carbocycles. The Morgan fingerprint density at radius 1 is 1.47 bits per heavy atom. The van der Waals surface area contributed by atoms with Gasteiger partial charge in [0.15, 0.2) is 0 Å². The monoisotopic (exact) mass is 242 g/mol. The van der Waals surface area contributed by atoms with Gasteiger partial charge in [-0.2, -0.15) is 0 Å². The Morgan fingerprint density at radius 2 is 2.29 bits per heavy atom. The first-order valence-electron chi connectivity index (χ1n) is 6.81. The average molecular weight is 242 g/mol. The van der Waals surface area contributed by atoms with Crippen molar-refractivity contribution < 1.29 is 9.84 Å². The summed E-state index contributed by atoms with van der Waals surface area (Å²) in [6.45, 7) is 2.21. The minimum absolute atomic E-state index is 0.0462. The van der Waals surface area contributed by atoms with Crippen molar-refractivity contribution in [2.45, 2.75) is 49.8 Å². The number of nitrogens with zero attached hydrogens (tertiary/aromatic N) is 1. The molecule has 2 aliphatic rings. The van der Waals surface area contributed by atoms with Gasteiger partial charge in [-0.05, 0) is 46.2 Å². The lowest BCUT2D eigenvalue weighted by Gasteiger charge is -2.30. The highest BCUT2D eigenvalue weighted by Gasteiger charge is 2.39. The van der Waals surface area contributed by atoms with E-state index in [2.05, 4.69) is 17.3 Å². The molecule has 0 spiro atoms. The molecule has 0 radical (unpaired) electrons. The van der Waals surface area contributed by atoms with Gasteiger partial charge in [-0.1, -0.05) is 0 Å². The van der Waals surface area contributed by atoms with Crippen LogP contribution in [0.25, 0.3) is 0 Å². The smallest absolute Gasteiger partial charge is 0.0702 e. The Labute approximate surface area is 104 Å². The molecule has 3 unspecified atom stereocenters. The maximum Gasteiger partial charge on any atom is 0.0702 e. The van der Waals surface area contributed by atoms with Crippen LogP contribution in [0.4, 0.5) is 0 Å². The number of likely N-dealkylation sites (N-methyl/N-ethyl adjacent to an activating group) is 2. The second kappa shape index (κ2) is 5.65. The van der Waals surface area contributed by atoms with Gasteiger partial charge in [0.1, 0.15) is 0 Å². The molecule has 1 aliphatic heterocycles. The molecule has 1 saturated heterocycles. The summed E-state index contributed by atoms with van der Waals surface area (Å²) >= 11 is 0. The largest absolute Gasteiger partial charge is 0.394 e. The van der Waals surface area contributed by atoms with E-state index in [0.29, 0.717) is 12.1 Å². The second-order valence-corrected chi connectivity index (χ2v) is 5.66. The highest BCUT2D eigenvalue weighted by atomic mass is 16.5. The van der Waals surface area contributed by atoms with Gasteiger partial charge in [-0.3, -0.25) is 0 Å². The molecule has 17 heavy (non-hydrogen) atoms. The van der Waals surface area contributed by atoms with Crippen molar-refractivity contribution in [3.8, 4) is 0 Å². The Kier molecular flexibility index (Phi) is 4.42. The molecule has 0 aromatic rings. The van der Waals surface area contributed by atoms with Crippen LogP contribution in [-0.4, -0.2) is 61.5 Å². The van der Waals surface area contributed by atoms with Crippen molar-refractivity contribution in [1.29, 1.82) is 0 Å². The van der Waals surface area contributed by atoms with E-state index in [0.717, 1.165) is 26.0 Å². The van der Waals surface area contributed by atoms with Gasteiger partial charge in [-0.15, -0.1) is 0 Å². The van der Waals surface area contributed by atoms with Crippen LogP contribution < -0.4 is 5.32 Å². The van der Waals surface area contributed by atoms with Gasteiger partial charge in [-0.25, -0.2) is 0 Å². The predicted octanol–water partition coefficient (Wildman–Crippen LogP) is 0.600. The Morgan fingerprint density at radius 3 is 2.82 bits per heavy atom. The normalized spacial score (nSPS) is 38.1. The zero-order valence-electron chi connectivity index (χ0n) is 11.1. The molecule has 3 atom stereocenters. The molecule has 1 heterocycles. The molecule has 4 heteroatoms. The molecule has 0 amide bonds. The van der Waals surface area contributed by atoms with Crippen molar-refractivity contribution in [2.24, 2.45) is 0 Å². The summed E-state index contributed by atoms with van der Waals surface area (Å²) in [5.41, 5.74) is -0.0462. The van der Waals surface area contributed by atoms with E-state index >= 15 is 0 Å². The van der Waals surface area contributed by atoms with Crippen LogP contribution in [0, 0.1) is 0 Å². The van der Waals surface area contributed by atoms with Crippen molar-refractivity contribution in [3.05, 3.63) is 0 Å². The predicted molar refractivity (Wildman–Crippen MR) is 68.1 cm³/mol. The van der Waals surface area contributed by atoms with E-state index in [1.807, 2.05) is 7.05 Å². The highest BCUT2D eigenvalue weighted by Crippen LogP contribution is 2.32. The third-order valence-corrected chi connectivity index (χ3v) is 4.55. The van der Waals surface area contributed by atoms with Crippen molar-refractivity contribution >= 4 is 0 Å². The fourth-order valence-electron chi connectivity index (χ4n) is 3.18. The summed E-state index contributed by atoms with van der Waals surface area (Å²) in [6.07, 6.45) is 6.13. The lowest BCUT2D eigenvalue weighted by molar-refractivity contribution is 0.0660. The first-order chi connectivity index (χ1) is 8.19. The van der Waals surface area contributed by atoms with Gasteiger partial charge in [0.05, 0.1) is 12.7 Å². The summed E-state index contributed by atoms with van der Waals surface area (Å²) in [5.74, 6) is 0. The second-order valence-electron chi connectivity index (χ2n) is 5.66. The maximum atomic E-state index is 9.49. The molecular weight excluding hydrogens is 216 g/mol. The molecule has 0 aromatic carbocycles. The quantitative estimate of drug-likeness (QED) is 0.741. The van der Waals surface area contributed by atoms with E-state index in [1.165, 1.54) is 19.3 Å². The molecule has 2 N–H and O–H groups in total. The summed E-state index contributed by atoms with van der Waals surface area (Å²) in [4.78, 5) is 2.42. The minimum Gasteiger partial charge on any atom is -0.394 e. The molecule has 100 valence electrons. The lowest BCUT2D eigenvalue weighted by atomic mass is 9.99. The molecule has 2 rings (SSSR count). The summed E-state index contributed by atoms with van der Waals surface area (Å²) in [5, 5.41) is 12.8. The topological polar surface area (TPSA) is 44.7 Å². The van der Waals surface area contributed by atoms with E-state index in [4.69, 9.17) is 4.74 Å². The standard InChI is InChI=1S/C13H26N2O2/c1-14-13(10-16)6-5-11(8-13)15(2)9-12-4-3-7-17-12/h11-12,14,16H,3-10H2,1-2H3. The first kappa shape index (κ1) is 13.3. The third-order valence-electron chi connectivity index (χ3n) is 4.55. The Hall–Kier alpha value is -0.160. The van der Waals surface area contributed by atoms with Crippen LogP contribution in [0.3, 0.4) is 0 Å². The number of aliphatic hydroxyl groups excluding tert-OH is 1. The van der Waals surface area contributed by atoms with Gasteiger partial charge in [0, 0.05) is 24.7 Å². The number of hydrogen-bond donors (Lipinski definition) is 2. The van der Waals surface area contributed by atoms with Crippen LogP contribution in [0.5, 0.6) is 0 Å². The lowest BCUT2D eigenvalue weighted by Crippen LogP contribution is -2.46. The van der Waals surface area contributed by atoms with Crippen molar-refractivity contribution in [3.63, 3.8) is 0 Å². The van der Waals surface area contributed by atoms with Gasteiger partial charge in [0.25, 0.3) is 0 Å². The average Bonchev–Trinajstić information content (AvgIpc) is 2.97. The maximum absolute atomic E-state index is 9.49. The summed E-state index contributed by atoms with van der Waals surface area (Å²) < 4.78 is 5.68. The summed E-state index contributed by atoms with van der Waals surface area (Å²) in [6, 6.07) is 0.582. The minimum atomic E-state index is -0.0462. The van der Waals surface area contributed by atoms with Gasteiger partial charge < -0.3 is 20.1 Å². The van der Waals surface area contributed by atoms with Crippen LogP contribution in [0.1, 0.15) is 32.1 Å². The highest BCUT2D eigenvalue weighted by molar-refractivity contribution is 4.98. The fourth-order valence-corrected chi connectivity index (χ4v) is 3.18. The number of nitrogens with one attached hydrogen (secondary N) is 1. The number of aliphatic hydroxyl groups is 1.